The lowest BCUT2D eigenvalue weighted by atomic mass is 9.76. The molecule has 2 saturated heterocycles. The number of hydrogen-bond donors (Lipinski definition) is 0. The maximum atomic E-state index is 12.4. The summed E-state index contributed by atoms with van der Waals surface area (Å²) in [6, 6.07) is 0. The topological polar surface area (TPSA) is 36.9 Å². The van der Waals surface area contributed by atoms with Crippen LogP contribution in [0.3, 0.4) is 0 Å². The van der Waals surface area contributed by atoms with Crippen LogP contribution in [0.15, 0.2) is 24.8 Å². The van der Waals surface area contributed by atoms with Crippen LogP contribution in [0.25, 0.3) is 0 Å². The van der Waals surface area contributed by atoms with E-state index in [9.17, 15) is 8.78 Å². The van der Waals surface area contributed by atoms with Crippen molar-refractivity contribution in [2.45, 2.75) is 51.1 Å². The highest BCUT2D eigenvalue weighted by Crippen LogP contribution is 2.37. The van der Waals surface area contributed by atoms with Crippen LogP contribution in [0.4, 0.5) is 8.78 Å². The average molecular weight is 372 g/mol. The Balaban J connectivity index is 1.36. The zero-order chi connectivity index (χ0) is 18.4. The van der Waals surface area contributed by atoms with Gasteiger partial charge in [-0.3, -0.25) is 0 Å². The quantitative estimate of drug-likeness (QED) is 0.643. The van der Waals surface area contributed by atoms with Gasteiger partial charge < -0.3 is 18.9 Å². The first-order valence-electron chi connectivity index (χ1n) is 9.75. The minimum absolute atomic E-state index is 0.0278. The molecule has 26 heavy (non-hydrogen) atoms. The van der Waals surface area contributed by atoms with Gasteiger partial charge in [0.15, 0.2) is 12.6 Å². The van der Waals surface area contributed by atoms with Crippen molar-refractivity contribution in [3.05, 3.63) is 24.8 Å². The zero-order valence-electron chi connectivity index (χ0n) is 15.3. The van der Waals surface area contributed by atoms with Crippen LogP contribution >= 0.6 is 0 Å². The van der Waals surface area contributed by atoms with Gasteiger partial charge in [0.2, 0.25) is 0 Å². The average Bonchev–Trinajstić information content (AvgIpc) is 2.67. The van der Waals surface area contributed by atoms with E-state index in [2.05, 4.69) is 6.58 Å². The monoisotopic (exact) mass is 372 g/mol. The molecule has 3 aliphatic rings. The standard InChI is InChI=1S/C20H30F2O4/c1-2-3-4-19-23-12-17(13-24-19)20-25-10-16(11-26-20)15-7-5-14(6-8-15)9-18(21)22/h2,9,14-17,19-20H,1,3-8,10-13H2. The molecular weight excluding hydrogens is 342 g/mol. The molecule has 3 rings (SSSR count). The third-order valence-corrected chi connectivity index (χ3v) is 5.78. The Kier molecular flexibility index (Phi) is 7.61. The van der Waals surface area contributed by atoms with Gasteiger partial charge in [-0.15, -0.1) is 6.58 Å². The maximum Gasteiger partial charge on any atom is 0.266 e. The molecule has 0 atom stereocenters. The van der Waals surface area contributed by atoms with E-state index >= 15 is 0 Å². The molecule has 0 bridgehead atoms. The van der Waals surface area contributed by atoms with E-state index < -0.39 is 6.08 Å². The van der Waals surface area contributed by atoms with Gasteiger partial charge in [-0.1, -0.05) is 6.08 Å². The number of halogens is 2. The second-order valence-electron chi connectivity index (χ2n) is 7.65. The summed E-state index contributed by atoms with van der Waals surface area (Å²) in [6.45, 7) is 6.22. The summed E-state index contributed by atoms with van der Waals surface area (Å²) in [6.07, 6.45) is 6.31. The van der Waals surface area contributed by atoms with Crippen LogP contribution in [0.2, 0.25) is 0 Å². The summed E-state index contributed by atoms with van der Waals surface area (Å²) >= 11 is 0. The molecule has 0 unspecified atom stereocenters. The summed E-state index contributed by atoms with van der Waals surface area (Å²) in [5.74, 6) is 0.993. The van der Waals surface area contributed by atoms with Crippen LogP contribution in [-0.4, -0.2) is 39.0 Å². The van der Waals surface area contributed by atoms with Gasteiger partial charge in [-0.2, -0.15) is 8.78 Å². The molecule has 1 saturated carbocycles. The third kappa shape index (κ3) is 5.59. The van der Waals surface area contributed by atoms with E-state index in [1.54, 1.807) is 0 Å². The highest BCUT2D eigenvalue weighted by molar-refractivity contribution is 4.92. The fourth-order valence-electron chi connectivity index (χ4n) is 4.17. The van der Waals surface area contributed by atoms with Crippen molar-refractivity contribution < 1.29 is 27.7 Å². The molecular formula is C20H30F2O4. The Morgan fingerprint density at radius 1 is 0.846 bits per heavy atom. The molecule has 6 heteroatoms. The van der Waals surface area contributed by atoms with Gasteiger partial charge in [-0.25, -0.2) is 0 Å². The molecule has 0 aromatic carbocycles. The number of allylic oxidation sites excluding steroid dienone is 2. The second kappa shape index (κ2) is 9.93. The molecule has 2 aliphatic heterocycles. The Morgan fingerprint density at radius 3 is 2.04 bits per heavy atom. The number of ether oxygens (including phenoxy) is 4. The maximum absolute atomic E-state index is 12.4. The van der Waals surface area contributed by atoms with Gasteiger partial charge in [0.05, 0.1) is 32.3 Å². The Labute approximate surface area is 154 Å². The fourth-order valence-corrected chi connectivity index (χ4v) is 4.17. The Bertz CT molecular complexity index is 456. The first kappa shape index (κ1) is 19.9. The normalized spacial score (nSPS) is 38.5. The SMILES string of the molecule is C=CCCC1OCC(C2OCC(C3CCC(C=C(F)F)CC3)CO2)CO1. The van der Waals surface area contributed by atoms with Gasteiger partial charge in [0, 0.05) is 12.3 Å². The molecule has 0 N–H and O–H groups in total. The van der Waals surface area contributed by atoms with Crippen molar-refractivity contribution in [3.8, 4) is 0 Å². The smallest absolute Gasteiger partial charge is 0.266 e. The fraction of sp³-hybridized carbons (Fsp3) is 0.800. The summed E-state index contributed by atoms with van der Waals surface area (Å²) in [4.78, 5) is 0. The molecule has 0 spiro atoms. The lowest BCUT2D eigenvalue weighted by molar-refractivity contribution is -0.284. The first-order valence-corrected chi connectivity index (χ1v) is 9.75. The van der Waals surface area contributed by atoms with Crippen molar-refractivity contribution in [2.24, 2.45) is 23.7 Å². The van der Waals surface area contributed by atoms with Gasteiger partial charge in [0.1, 0.15) is 0 Å². The third-order valence-electron chi connectivity index (χ3n) is 5.78. The molecule has 148 valence electrons. The van der Waals surface area contributed by atoms with Crippen molar-refractivity contribution >= 4 is 0 Å². The Morgan fingerprint density at radius 2 is 1.46 bits per heavy atom. The predicted molar refractivity (Wildman–Crippen MR) is 93.5 cm³/mol. The van der Waals surface area contributed by atoms with Crippen LogP contribution in [-0.2, 0) is 18.9 Å². The van der Waals surface area contributed by atoms with Crippen LogP contribution in [0.5, 0.6) is 0 Å². The minimum atomic E-state index is -1.55. The second-order valence-corrected chi connectivity index (χ2v) is 7.65. The molecule has 4 nitrogen and oxygen atoms in total. The summed E-state index contributed by atoms with van der Waals surface area (Å²) in [5.41, 5.74) is 0. The van der Waals surface area contributed by atoms with Crippen LogP contribution in [0.1, 0.15) is 38.5 Å². The predicted octanol–water partition coefficient (Wildman–Crippen LogP) is 4.52. The molecule has 2 heterocycles. The van der Waals surface area contributed by atoms with Crippen molar-refractivity contribution in [2.75, 3.05) is 26.4 Å². The largest absolute Gasteiger partial charge is 0.352 e. The Hall–Kier alpha value is -0.820. The minimum Gasteiger partial charge on any atom is -0.352 e. The van der Waals surface area contributed by atoms with E-state index in [1.165, 1.54) is 0 Å². The van der Waals surface area contributed by atoms with Crippen molar-refractivity contribution in [3.63, 3.8) is 0 Å². The summed E-state index contributed by atoms with van der Waals surface area (Å²) in [5, 5.41) is 0. The lowest BCUT2D eigenvalue weighted by Gasteiger charge is -2.40. The molecule has 3 fully saturated rings. The number of rotatable bonds is 6. The highest BCUT2D eigenvalue weighted by Gasteiger charge is 2.36. The van der Waals surface area contributed by atoms with Crippen molar-refractivity contribution in [1.29, 1.82) is 0 Å². The van der Waals surface area contributed by atoms with Gasteiger partial charge in [0.25, 0.3) is 6.08 Å². The van der Waals surface area contributed by atoms with Crippen LogP contribution < -0.4 is 0 Å². The van der Waals surface area contributed by atoms with E-state index in [1.807, 2.05) is 6.08 Å². The summed E-state index contributed by atoms with van der Waals surface area (Å²) < 4.78 is 48.1. The molecule has 1 aliphatic carbocycles. The van der Waals surface area contributed by atoms with Gasteiger partial charge >= 0.3 is 0 Å². The molecule has 0 radical (unpaired) electrons. The first-order chi connectivity index (χ1) is 12.7. The summed E-state index contributed by atoms with van der Waals surface area (Å²) in [7, 11) is 0. The van der Waals surface area contributed by atoms with Crippen LogP contribution in [0, 0.1) is 23.7 Å². The highest BCUT2D eigenvalue weighted by atomic mass is 19.3. The molecule has 0 aromatic rings. The lowest BCUT2D eigenvalue weighted by Crippen LogP contribution is -2.46. The van der Waals surface area contributed by atoms with Gasteiger partial charge in [-0.05, 0) is 50.0 Å². The zero-order valence-corrected chi connectivity index (χ0v) is 15.3. The van der Waals surface area contributed by atoms with E-state index in [0.29, 0.717) is 38.3 Å². The van der Waals surface area contributed by atoms with E-state index in [-0.39, 0.29) is 24.4 Å². The van der Waals surface area contributed by atoms with Crippen molar-refractivity contribution in [1.82, 2.24) is 0 Å². The molecule has 0 amide bonds. The van der Waals surface area contributed by atoms with E-state index in [4.69, 9.17) is 18.9 Å². The van der Waals surface area contributed by atoms with E-state index in [0.717, 1.165) is 44.6 Å². The molecule has 0 aromatic heterocycles. The number of hydrogen-bond acceptors (Lipinski definition) is 4.